The summed E-state index contributed by atoms with van der Waals surface area (Å²) in [5.41, 5.74) is 1.48. The number of hydrogen-bond acceptors (Lipinski definition) is 4. The Morgan fingerprint density at radius 3 is 2.62 bits per heavy atom. The van der Waals surface area contributed by atoms with Gasteiger partial charge in [-0.05, 0) is 52.3 Å². The number of rotatable bonds is 3. The first kappa shape index (κ1) is 13.7. The van der Waals surface area contributed by atoms with Crippen LogP contribution < -0.4 is 4.74 Å². The summed E-state index contributed by atoms with van der Waals surface area (Å²) in [4.78, 5) is 12.5. The highest BCUT2D eigenvalue weighted by atomic mass is 79.9. The summed E-state index contributed by atoms with van der Waals surface area (Å²) >= 11 is 3.21. The Kier molecular flexibility index (Phi) is 3.43. The van der Waals surface area contributed by atoms with Gasteiger partial charge in [0.2, 0.25) is 0 Å². The van der Waals surface area contributed by atoms with Crippen molar-refractivity contribution in [3.05, 3.63) is 58.3 Å². The second-order valence-corrected chi connectivity index (χ2v) is 5.36. The van der Waals surface area contributed by atoms with Crippen molar-refractivity contribution >= 4 is 32.7 Å². The third-order valence-electron chi connectivity index (χ3n) is 3.24. The van der Waals surface area contributed by atoms with Crippen LogP contribution >= 0.6 is 15.9 Å². The van der Waals surface area contributed by atoms with Gasteiger partial charge >= 0.3 is 0 Å². The number of benzene rings is 2. The average molecular weight is 347 g/mol. The van der Waals surface area contributed by atoms with Crippen molar-refractivity contribution in [2.45, 2.75) is 0 Å². The summed E-state index contributed by atoms with van der Waals surface area (Å²) < 4.78 is 11.0. The molecule has 1 heterocycles. The molecule has 0 aliphatic heterocycles. The minimum absolute atomic E-state index is 0.0627. The highest BCUT2D eigenvalue weighted by molar-refractivity contribution is 9.10. The van der Waals surface area contributed by atoms with Crippen molar-refractivity contribution < 1.29 is 19.1 Å². The van der Waals surface area contributed by atoms with Crippen LogP contribution in [0.3, 0.4) is 0 Å². The molecule has 0 atom stereocenters. The third-order valence-corrected chi connectivity index (χ3v) is 3.87. The summed E-state index contributed by atoms with van der Waals surface area (Å²) in [7, 11) is 1.57. The maximum atomic E-state index is 12.5. The van der Waals surface area contributed by atoms with E-state index in [-0.39, 0.29) is 11.5 Å². The highest BCUT2D eigenvalue weighted by Crippen LogP contribution is 2.33. The molecule has 0 aliphatic carbocycles. The highest BCUT2D eigenvalue weighted by Gasteiger charge is 2.17. The zero-order valence-electron chi connectivity index (χ0n) is 11.1. The SMILES string of the molecule is COc1ccc(C(=O)c2coc3cc(Br)c(O)cc23)cc1. The molecule has 0 amide bonds. The Bertz CT molecular complexity index is 818. The number of phenolic OH excluding ortho intramolecular Hbond substituents is 1. The molecule has 2 aromatic carbocycles. The van der Waals surface area contributed by atoms with Crippen molar-refractivity contribution in [2.24, 2.45) is 0 Å². The van der Waals surface area contributed by atoms with E-state index in [1.54, 1.807) is 37.4 Å². The Labute approximate surface area is 129 Å². The number of hydrogen-bond donors (Lipinski definition) is 1. The number of furan rings is 1. The molecule has 0 aliphatic rings. The van der Waals surface area contributed by atoms with Gasteiger partial charge in [-0.3, -0.25) is 4.79 Å². The second kappa shape index (κ2) is 5.26. The van der Waals surface area contributed by atoms with E-state index in [0.29, 0.717) is 32.3 Å². The minimum atomic E-state index is -0.168. The van der Waals surface area contributed by atoms with E-state index in [0.717, 1.165) is 0 Å². The first-order valence-electron chi connectivity index (χ1n) is 6.18. The molecule has 0 spiro atoms. The molecule has 0 radical (unpaired) electrons. The molecule has 1 aromatic heterocycles. The number of halogens is 1. The van der Waals surface area contributed by atoms with Crippen LogP contribution in [0.4, 0.5) is 0 Å². The van der Waals surface area contributed by atoms with Crippen molar-refractivity contribution in [1.29, 1.82) is 0 Å². The van der Waals surface area contributed by atoms with Gasteiger partial charge in [0.1, 0.15) is 23.3 Å². The van der Waals surface area contributed by atoms with E-state index in [2.05, 4.69) is 15.9 Å². The van der Waals surface area contributed by atoms with Gasteiger partial charge in [-0.1, -0.05) is 0 Å². The van der Waals surface area contributed by atoms with Crippen molar-refractivity contribution in [3.8, 4) is 11.5 Å². The molecule has 21 heavy (non-hydrogen) atoms. The van der Waals surface area contributed by atoms with Gasteiger partial charge in [-0.15, -0.1) is 0 Å². The van der Waals surface area contributed by atoms with E-state index in [9.17, 15) is 9.90 Å². The monoisotopic (exact) mass is 346 g/mol. The predicted octanol–water partition coefficient (Wildman–Crippen LogP) is 4.14. The van der Waals surface area contributed by atoms with E-state index in [1.165, 1.54) is 12.3 Å². The zero-order valence-corrected chi connectivity index (χ0v) is 12.7. The number of ketones is 1. The molecule has 0 saturated heterocycles. The van der Waals surface area contributed by atoms with Crippen molar-refractivity contribution in [3.63, 3.8) is 0 Å². The summed E-state index contributed by atoms with van der Waals surface area (Å²) in [6.07, 6.45) is 1.41. The largest absolute Gasteiger partial charge is 0.507 e. The smallest absolute Gasteiger partial charge is 0.196 e. The Balaban J connectivity index is 2.06. The number of methoxy groups -OCH3 is 1. The van der Waals surface area contributed by atoms with Crippen molar-refractivity contribution in [2.75, 3.05) is 7.11 Å². The van der Waals surface area contributed by atoms with Gasteiger partial charge < -0.3 is 14.3 Å². The lowest BCUT2D eigenvalue weighted by Crippen LogP contribution is -2.00. The van der Waals surface area contributed by atoms with Crippen LogP contribution in [0.25, 0.3) is 11.0 Å². The first-order valence-corrected chi connectivity index (χ1v) is 6.98. The molecule has 4 nitrogen and oxygen atoms in total. The molecule has 0 saturated carbocycles. The molecule has 106 valence electrons. The standard InChI is InChI=1S/C16H11BrO4/c1-20-10-4-2-9(3-5-10)16(19)12-8-21-15-7-13(17)14(18)6-11(12)15/h2-8,18H,1H3. The van der Waals surface area contributed by atoms with Gasteiger partial charge in [0, 0.05) is 10.9 Å². The molecule has 0 bridgehead atoms. The lowest BCUT2D eigenvalue weighted by Gasteiger charge is -2.02. The first-order chi connectivity index (χ1) is 10.1. The molecule has 1 N–H and O–H groups in total. The predicted molar refractivity (Wildman–Crippen MR) is 82.0 cm³/mol. The summed E-state index contributed by atoms with van der Waals surface area (Å²) in [5, 5.41) is 10.3. The Hall–Kier alpha value is -2.27. The zero-order chi connectivity index (χ0) is 15.0. The molecule has 3 rings (SSSR count). The Morgan fingerprint density at radius 2 is 1.95 bits per heavy atom. The molecule has 5 heteroatoms. The fourth-order valence-corrected chi connectivity index (χ4v) is 2.43. The quantitative estimate of drug-likeness (QED) is 0.724. The fourth-order valence-electron chi connectivity index (χ4n) is 2.11. The number of fused-ring (bicyclic) bond motifs is 1. The van der Waals surface area contributed by atoms with Gasteiger partial charge in [0.05, 0.1) is 17.1 Å². The van der Waals surface area contributed by atoms with Crippen LogP contribution in [-0.4, -0.2) is 18.0 Å². The third kappa shape index (κ3) is 2.40. The normalized spacial score (nSPS) is 10.8. The molecule has 0 fully saturated rings. The number of carbonyl (C=O) groups excluding carboxylic acids is 1. The number of carbonyl (C=O) groups is 1. The lowest BCUT2D eigenvalue weighted by atomic mass is 10.0. The minimum Gasteiger partial charge on any atom is -0.507 e. The number of ether oxygens (including phenoxy) is 1. The van der Waals surface area contributed by atoms with Crippen molar-refractivity contribution in [1.82, 2.24) is 0 Å². The number of aromatic hydroxyl groups is 1. The maximum absolute atomic E-state index is 12.5. The fraction of sp³-hybridized carbons (Fsp3) is 0.0625. The average Bonchev–Trinajstić information content (AvgIpc) is 2.90. The van der Waals surface area contributed by atoms with Crippen LogP contribution in [-0.2, 0) is 0 Å². The van der Waals surface area contributed by atoms with Crippen LogP contribution in [0.1, 0.15) is 15.9 Å². The van der Waals surface area contributed by atoms with Gasteiger partial charge in [0.15, 0.2) is 5.78 Å². The lowest BCUT2D eigenvalue weighted by molar-refractivity contribution is 0.103. The van der Waals surface area contributed by atoms with Crippen LogP contribution in [0.2, 0.25) is 0 Å². The van der Waals surface area contributed by atoms with E-state index in [4.69, 9.17) is 9.15 Å². The number of phenols is 1. The maximum Gasteiger partial charge on any atom is 0.196 e. The van der Waals surface area contributed by atoms with Crippen LogP contribution in [0.15, 0.2) is 51.6 Å². The van der Waals surface area contributed by atoms with E-state index in [1.807, 2.05) is 0 Å². The topological polar surface area (TPSA) is 59.7 Å². The van der Waals surface area contributed by atoms with Crippen LogP contribution in [0, 0.1) is 0 Å². The second-order valence-electron chi connectivity index (χ2n) is 4.51. The van der Waals surface area contributed by atoms with Gasteiger partial charge in [0.25, 0.3) is 0 Å². The molecular formula is C16H11BrO4. The summed E-state index contributed by atoms with van der Waals surface area (Å²) in [6.45, 7) is 0. The van der Waals surface area contributed by atoms with E-state index >= 15 is 0 Å². The van der Waals surface area contributed by atoms with Crippen LogP contribution in [0.5, 0.6) is 11.5 Å². The van der Waals surface area contributed by atoms with Gasteiger partial charge in [-0.2, -0.15) is 0 Å². The summed E-state index contributed by atoms with van der Waals surface area (Å²) in [6, 6.07) is 9.99. The molecular weight excluding hydrogens is 336 g/mol. The summed E-state index contributed by atoms with van der Waals surface area (Å²) in [5.74, 6) is 0.580. The molecule has 3 aromatic rings. The van der Waals surface area contributed by atoms with E-state index < -0.39 is 0 Å². The van der Waals surface area contributed by atoms with Gasteiger partial charge in [-0.25, -0.2) is 0 Å². The Morgan fingerprint density at radius 1 is 1.24 bits per heavy atom. The molecule has 0 unspecified atom stereocenters.